The molecule has 0 bridgehead atoms. The van der Waals surface area contributed by atoms with Crippen LogP contribution in [0.2, 0.25) is 0 Å². The Hall–Kier alpha value is -4.53. The highest BCUT2D eigenvalue weighted by molar-refractivity contribution is 7.97. The maximum atomic E-state index is 6.41. The summed E-state index contributed by atoms with van der Waals surface area (Å²) in [4.78, 5) is 3.39. The normalized spacial score (nSPS) is 18.2. The lowest BCUT2D eigenvalue weighted by molar-refractivity contribution is -0.106. The fraction of sp³-hybridized carbons (Fsp3) is 0.289. The van der Waals surface area contributed by atoms with Gasteiger partial charge in [-0.25, -0.2) is 0 Å². The Labute approximate surface area is 308 Å². The lowest BCUT2D eigenvalue weighted by Gasteiger charge is -2.23. The van der Waals surface area contributed by atoms with E-state index in [4.69, 9.17) is 28.4 Å². The lowest BCUT2D eigenvalue weighted by Crippen LogP contribution is -2.25. The van der Waals surface area contributed by atoms with Crippen LogP contribution in [0.3, 0.4) is 0 Å². The van der Waals surface area contributed by atoms with Crippen LogP contribution in [-0.2, 0) is 31.5 Å². The van der Waals surface area contributed by atoms with Crippen LogP contribution in [0.4, 0.5) is 0 Å². The fourth-order valence-electron chi connectivity index (χ4n) is 7.03. The molecule has 2 saturated heterocycles. The Morgan fingerprint density at radius 3 is 1.79 bits per heavy atom. The second-order valence-electron chi connectivity index (χ2n) is 13.2. The Morgan fingerprint density at radius 2 is 1.15 bits per heavy atom. The van der Waals surface area contributed by atoms with Gasteiger partial charge in [-0.05, 0) is 120 Å². The third-order valence-corrected chi connectivity index (χ3v) is 11.9. The predicted molar refractivity (Wildman–Crippen MR) is 207 cm³/mol. The molecule has 7 heteroatoms. The van der Waals surface area contributed by atoms with Crippen LogP contribution >= 0.6 is 0 Å². The van der Waals surface area contributed by atoms with Crippen LogP contribution in [0.25, 0.3) is 21.5 Å². The van der Waals surface area contributed by atoms with Crippen molar-refractivity contribution in [1.29, 1.82) is 0 Å². The molecule has 0 amide bonds. The van der Waals surface area contributed by atoms with Crippen molar-refractivity contribution < 1.29 is 28.4 Å². The summed E-state index contributed by atoms with van der Waals surface area (Å²) in [5, 5.41) is 5.07. The van der Waals surface area contributed by atoms with E-state index in [1.165, 1.54) is 27.1 Å². The van der Waals surface area contributed by atoms with Crippen molar-refractivity contribution in [2.24, 2.45) is 0 Å². The Morgan fingerprint density at radius 1 is 0.577 bits per heavy atom. The van der Waals surface area contributed by atoms with Crippen LogP contribution in [0.5, 0.6) is 17.2 Å². The Bertz CT molecular complexity index is 1990. The van der Waals surface area contributed by atoms with Gasteiger partial charge in [-0.2, -0.15) is 0 Å². The molecule has 0 radical (unpaired) electrons. The zero-order chi connectivity index (χ0) is 35.0. The van der Waals surface area contributed by atoms with Gasteiger partial charge in [-0.3, -0.25) is 0 Å². The quantitative estimate of drug-likeness (QED) is 0.0514. The second-order valence-corrected chi connectivity index (χ2v) is 15.2. The number of hydrogen-bond donors (Lipinski definition) is 0. The van der Waals surface area contributed by atoms with E-state index >= 15 is 0 Å². The molecule has 6 aromatic carbocycles. The lowest BCUT2D eigenvalue weighted by atomic mass is 9.96. The van der Waals surface area contributed by atoms with E-state index < -0.39 is 10.9 Å². The van der Waals surface area contributed by atoms with Crippen LogP contribution in [-0.4, -0.2) is 39.2 Å². The molecule has 2 aliphatic heterocycles. The van der Waals surface area contributed by atoms with Gasteiger partial charge in [-0.15, -0.1) is 0 Å². The van der Waals surface area contributed by atoms with Crippen molar-refractivity contribution in [1.82, 2.24) is 0 Å². The first kappa shape index (κ1) is 34.6. The molecule has 2 aliphatic rings. The van der Waals surface area contributed by atoms with E-state index in [0.717, 1.165) is 90.1 Å². The van der Waals surface area contributed by atoms with Gasteiger partial charge in [0.2, 0.25) is 4.90 Å². The topological polar surface area (TPSA) is 55.4 Å². The number of ether oxygens (including phenoxy) is 6. The first-order valence-electron chi connectivity index (χ1n) is 18.5. The summed E-state index contributed by atoms with van der Waals surface area (Å²) < 4.78 is 36.6. The van der Waals surface area contributed by atoms with E-state index in [0.29, 0.717) is 6.61 Å². The molecular formula is C45H45O6S+. The van der Waals surface area contributed by atoms with Crippen molar-refractivity contribution in [2.45, 2.75) is 72.2 Å². The van der Waals surface area contributed by atoms with E-state index in [9.17, 15) is 0 Å². The largest absolute Gasteiger partial charge is 0.465 e. The van der Waals surface area contributed by atoms with Crippen LogP contribution in [0.15, 0.2) is 142 Å². The van der Waals surface area contributed by atoms with Crippen LogP contribution in [0.1, 0.15) is 44.1 Å². The van der Waals surface area contributed by atoms with Crippen molar-refractivity contribution in [3.63, 3.8) is 0 Å². The molecule has 0 aromatic heterocycles. The third kappa shape index (κ3) is 8.24. The number of para-hydroxylation sites is 1. The van der Waals surface area contributed by atoms with Crippen molar-refractivity contribution in [3.05, 3.63) is 133 Å². The Kier molecular flexibility index (Phi) is 11.2. The molecule has 6 aromatic rings. The maximum Gasteiger partial charge on any atom is 0.208 e. The van der Waals surface area contributed by atoms with Gasteiger partial charge in [-0.1, -0.05) is 66.7 Å². The molecule has 266 valence electrons. The van der Waals surface area contributed by atoms with E-state index in [1.807, 2.05) is 36.4 Å². The molecule has 8 rings (SSSR count). The molecule has 2 fully saturated rings. The average Bonchev–Trinajstić information content (AvgIpc) is 3.20. The minimum Gasteiger partial charge on any atom is -0.465 e. The Balaban J connectivity index is 0.995. The van der Waals surface area contributed by atoms with E-state index in [1.54, 1.807) is 0 Å². The minimum atomic E-state index is -0.476. The van der Waals surface area contributed by atoms with Gasteiger partial charge in [0.25, 0.3) is 0 Å². The highest BCUT2D eigenvalue weighted by Crippen LogP contribution is 2.38. The highest BCUT2D eigenvalue weighted by Gasteiger charge is 2.33. The smallest absolute Gasteiger partial charge is 0.208 e. The summed E-state index contributed by atoms with van der Waals surface area (Å²) in [7, 11) is -0.476. The fourth-order valence-corrected chi connectivity index (χ4v) is 9.17. The summed E-state index contributed by atoms with van der Waals surface area (Å²) >= 11 is 0. The molecule has 2 atom stereocenters. The van der Waals surface area contributed by atoms with Gasteiger partial charge < -0.3 is 28.4 Å². The van der Waals surface area contributed by atoms with Gasteiger partial charge in [0.05, 0.1) is 19.8 Å². The molecule has 0 spiro atoms. The molecule has 0 aliphatic carbocycles. The molecule has 0 saturated carbocycles. The van der Waals surface area contributed by atoms with Crippen LogP contribution < -0.4 is 14.2 Å². The summed E-state index contributed by atoms with van der Waals surface area (Å²) in [6.45, 7) is 2.20. The standard InChI is InChI=1S/C45H45O6S/c1-2-12-39-33(11-1)31-34(40-13-3-4-14-41(39)40)27-30-46-32-49-42-15-5-6-16-43(42)52(37-23-19-35(20-24-37)50-44-17-7-9-28-47-44)38-25-21-36(22-26-38)51-45-18-8-10-29-48-45/h1-6,11-16,19-26,31,44-45H,7-10,17-18,27-30,32H2/q+1. The van der Waals surface area contributed by atoms with Crippen molar-refractivity contribution in [3.8, 4) is 17.2 Å². The number of hydrogen-bond acceptors (Lipinski definition) is 6. The SMILES string of the molecule is c1ccc([S+](c2ccc(OC3CCCCO3)cc2)c2ccc(OC3CCCCO3)cc2)c(OCOCCc2cc3ccccc3c3ccccc23)c1. The molecular weight excluding hydrogens is 669 g/mol. The predicted octanol–water partition coefficient (Wildman–Crippen LogP) is 10.5. The van der Waals surface area contributed by atoms with Crippen LogP contribution in [0, 0.1) is 0 Å². The van der Waals surface area contributed by atoms with Crippen molar-refractivity contribution in [2.75, 3.05) is 26.6 Å². The van der Waals surface area contributed by atoms with Gasteiger partial charge in [0, 0.05) is 12.8 Å². The summed E-state index contributed by atoms with van der Waals surface area (Å²) in [5.41, 5.74) is 1.28. The maximum absolute atomic E-state index is 6.41. The van der Waals surface area contributed by atoms with E-state index in [2.05, 4.69) is 91.0 Å². The van der Waals surface area contributed by atoms with Gasteiger partial charge in [0.1, 0.15) is 22.4 Å². The zero-order valence-corrected chi connectivity index (χ0v) is 30.2. The highest BCUT2D eigenvalue weighted by atomic mass is 32.2. The number of benzene rings is 6. The summed E-state index contributed by atoms with van der Waals surface area (Å²) in [5.74, 6) is 2.42. The molecule has 2 heterocycles. The molecule has 6 nitrogen and oxygen atoms in total. The second kappa shape index (κ2) is 16.9. The zero-order valence-electron chi connectivity index (χ0n) is 29.4. The summed E-state index contributed by atoms with van der Waals surface area (Å²) in [6.07, 6.45) is 6.68. The molecule has 0 N–H and O–H groups in total. The van der Waals surface area contributed by atoms with E-state index in [-0.39, 0.29) is 19.4 Å². The average molecular weight is 714 g/mol. The minimum absolute atomic E-state index is 0.155. The van der Waals surface area contributed by atoms with Crippen molar-refractivity contribution >= 4 is 32.4 Å². The molecule has 52 heavy (non-hydrogen) atoms. The summed E-state index contributed by atoms with van der Waals surface area (Å²) in [6, 6.07) is 44.6. The first-order chi connectivity index (χ1) is 25.8. The number of rotatable bonds is 13. The third-order valence-electron chi connectivity index (χ3n) is 9.67. The number of fused-ring (bicyclic) bond motifs is 3. The molecule has 2 unspecified atom stereocenters. The van der Waals surface area contributed by atoms with Gasteiger partial charge in [0.15, 0.2) is 34.9 Å². The monoisotopic (exact) mass is 713 g/mol. The van der Waals surface area contributed by atoms with Gasteiger partial charge >= 0.3 is 0 Å². The first-order valence-corrected chi connectivity index (χ1v) is 19.7.